The quantitative estimate of drug-likeness (QED) is 0.658. The molecular weight excluding hydrogens is 364 g/mol. The maximum atomic E-state index is 4.84. The molecule has 0 saturated carbocycles. The summed E-state index contributed by atoms with van der Waals surface area (Å²) in [7, 11) is 0. The molecule has 0 N–H and O–H groups in total. The van der Waals surface area contributed by atoms with Crippen LogP contribution in [0.1, 0.15) is 0 Å². The van der Waals surface area contributed by atoms with Gasteiger partial charge >= 0.3 is 0 Å². The fourth-order valence-electron chi connectivity index (χ4n) is 3.51. The number of nitrogens with zero attached hydrogens (tertiary/aromatic N) is 8. The lowest BCUT2D eigenvalue weighted by Crippen LogP contribution is -2.48. The van der Waals surface area contributed by atoms with E-state index in [0.29, 0.717) is 11.3 Å². The van der Waals surface area contributed by atoms with Crippen LogP contribution in [0.4, 0.5) is 17.5 Å². The van der Waals surface area contributed by atoms with Crippen LogP contribution >= 0.6 is 11.8 Å². The average molecular weight is 384 g/mol. The molecular formula is C17H20N8OS. The first-order valence-corrected chi connectivity index (χ1v) is 10.3. The number of hydrogen-bond acceptors (Lipinski definition) is 10. The largest absolute Gasteiger partial charge is 0.353 e. The third-order valence-electron chi connectivity index (χ3n) is 4.94. The van der Waals surface area contributed by atoms with Gasteiger partial charge in [0, 0.05) is 57.0 Å². The first kappa shape index (κ1) is 16.5. The minimum absolute atomic E-state index is 0.465. The molecule has 10 heteroatoms. The Hall–Kier alpha value is -2.62. The summed E-state index contributed by atoms with van der Waals surface area (Å²) in [6.45, 7) is 5.44. The molecule has 2 saturated heterocycles. The lowest BCUT2D eigenvalue weighted by atomic mass is 10.3. The smallest absolute Gasteiger partial charge is 0.245 e. The van der Waals surface area contributed by atoms with Crippen LogP contribution < -0.4 is 14.7 Å². The first-order chi connectivity index (χ1) is 13.4. The van der Waals surface area contributed by atoms with Gasteiger partial charge in [0.25, 0.3) is 0 Å². The van der Waals surface area contributed by atoms with Crippen LogP contribution in [0.3, 0.4) is 0 Å². The summed E-state index contributed by atoms with van der Waals surface area (Å²) in [5, 5.41) is 7.78. The topological polar surface area (TPSA) is 87.3 Å². The van der Waals surface area contributed by atoms with Gasteiger partial charge in [-0.15, -0.1) is 0 Å². The van der Waals surface area contributed by atoms with Crippen LogP contribution in [-0.2, 0) is 0 Å². The minimum Gasteiger partial charge on any atom is -0.353 e. The van der Waals surface area contributed by atoms with Crippen molar-refractivity contribution in [2.75, 3.05) is 65.5 Å². The number of aromatic nitrogens is 5. The van der Waals surface area contributed by atoms with Crippen LogP contribution in [0.25, 0.3) is 11.3 Å². The molecule has 2 fully saturated rings. The van der Waals surface area contributed by atoms with Crippen LogP contribution in [0.5, 0.6) is 0 Å². The van der Waals surface area contributed by atoms with Crippen molar-refractivity contribution in [3.8, 4) is 0 Å². The van der Waals surface area contributed by atoms with Gasteiger partial charge < -0.3 is 14.7 Å². The van der Waals surface area contributed by atoms with E-state index in [9.17, 15) is 0 Å². The summed E-state index contributed by atoms with van der Waals surface area (Å²) in [4.78, 5) is 20.8. The highest BCUT2D eigenvalue weighted by molar-refractivity contribution is 7.99. The lowest BCUT2D eigenvalue weighted by molar-refractivity contribution is 0.314. The predicted molar refractivity (Wildman–Crippen MR) is 106 cm³/mol. The van der Waals surface area contributed by atoms with E-state index in [0.717, 1.165) is 68.2 Å². The number of pyridine rings is 1. The fraction of sp³-hybridized carbons (Fsp3) is 0.471. The van der Waals surface area contributed by atoms with Crippen molar-refractivity contribution in [2.24, 2.45) is 0 Å². The molecule has 0 atom stereocenters. The minimum atomic E-state index is 0.465. The zero-order valence-corrected chi connectivity index (χ0v) is 15.7. The monoisotopic (exact) mass is 384 g/mol. The van der Waals surface area contributed by atoms with Gasteiger partial charge in [0.05, 0.1) is 0 Å². The third-order valence-corrected chi connectivity index (χ3v) is 5.88. The molecule has 0 amide bonds. The number of anilines is 3. The molecule has 3 aromatic rings. The maximum Gasteiger partial charge on any atom is 0.245 e. The zero-order valence-electron chi connectivity index (χ0n) is 14.9. The highest BCUT2D eigenvalue weighted by Crippen LogP contribution is 2.30. The molecule has 5 rings (SSSR count). The Morgan fingerprint density at radius 1 is 0.778 bits per heavy atom. The summed E-state index contributed by atoms with van der Waals surface area (Å²) in [5.74, 6) is 5.00. The van der Waals surface area contributed by atoms with Crippen molar-refractivity contribution in [1.82, 2.24) is 25.3 Å². The predicted octanol–water partition coefficient (Wildman–Crippen LogP) is 1.29. The van der Waals surface area contributed by atoms with E-state index < -0.39 is 0 Å². The standard InChI is InChI=1S/C17H20N8OS/c1-2-4-18-13(3-1)23-5-7-24(8-6-23)16-17(25-9-11-27-12-10-25)20-15-14(19-16)21-26-22-15/h1-4H,5-12H2. The molecule has 3 aromatic heterocycles. The van der Waals surface area contributed by atoms with E-state index in [1.54, 1.807) is 0 Å². The number of thioether (sulfide) groups is 1. The zero-order chi connectivity index (χ0) is 18.1. The molecule has 27 heavy (non-hydrogen) atoms. The van der Waals surface area contributed by atoms with E-state index in [1.807, 2.05) is 30.1 Å². The maximum absolute atomic E-state index is 4.84. The van der Waals surface area contributed by atoms with Crippen molar-refractivity contribution in [1.29, 1.82) is 0 Å². The van der Waals surface area contributed by atoms with Gasteiger partial charge in [0.15, 0.2) is 11.6 Å². The number of hydrogen-bond donors (Lipinski definition) is 0. The highest BCUT2D eigenvalue weighted by Gasteiger charge is 2.26. The van der Waals surface area contributed by atoms with Crippen molar-refractivity contribution in [3.63, 3.8) is 0 Å². The van der Waals surface area contributed by atoms with E-state index in [4.69, 9.17) is 14.6 Å². The van der Waals surface area contributed by atoms with E-state index >= 15 is 0 Å². The Kier molecular flexibility index (Phi) is 4.40. The molecule has 0 unspecified atom stereocenters. The van der Waals surface area contributed by atoms with Gasteiger partial charge in [-0.05, 0) is 22.4 Å². The molecule has 2 aliphatic rings. The van der Waals surface area contributed by atoms with Crippen molar-refractivity contribution in [3.05, 3.63) is 24.4 Å². The lowest BCUT2D eigenvalue weighted by Gasteiger charge is -2.38. The Morgan fingerprint density at radius 2 is 1.41 bits per heavy atom. The Morgan fingerprint density at radius 3 is 2.04 bits per heavy atom. The van der Waals surface area contributed by atoms with Gasteiger partial charge in [0.1, 0.15) is 5.82 Å². The highest BCUT2D eigenvalue weighted by atomic mass is 32.2. The Labute approximate surface area is 160 Å². The molecule has 9 nitrogen and oxygen atoms in total. The molecule has 0 aliphatic carbocycles. The van der Waals surface area contributed by atoms with Crippen molar-refractivity contribution >= 4 is 40.5 Å². The van der Waals surface area contributed by atoms with Crippen LogP contribution in [0, 0.1) is 0 Å². The number of piperazine rings is 1. The number of fused-ring (bicyclic) bond motifs is 1. The SMILES string of the molecule is c1ccc(N2CCN(c3nc4nonc4nc3N3CCSCC3)CC2)nc1. The molecule has 0 aromatic carbocycles. The summed E-state index contributed by atoms with van der Waals surface area (Å²) in [6, 6.07) is 6.03. The third kappa shape index (κ3) is 3.25. The van der Waals surface area contributed by atoms with Gasteiger partial charge in [-0.1, -0.05) is 6.07 Å². The number of rotatable bonds is 3. The Balaban J connectivity index is 1.42. The van der Waals surface area contributed by atoms with Crippen molar-refractivity contribution in [2.45, 2.75) is 0 Å². The molecule has 0 bridgehead atoms. The van der Waals surface area contributed by atoms with Gasteiger partial charge in [-0.2, -0.15) is 11.8 Å². The summed E-state index contributed by atoms with van der Waals surface area (Å²) in [5.41, 5.74) is 0.936. The van der Waals surface area contributed by atoms with Crippen LogP contribution in [0.15, 0.2) is 29.0 Å². The Bertz CT molecular complexity index is 906. The van der Waals surface area contributed by atoms with Gasteiger partial charge in [-0.3, -0.25) is 0 Å². The van der Waals surface area contributed by atoms with E-state index in [-0.39, 0.29) is 0 Å². The summed E-state index contributed by atoms with van der Waals surface area (Å²) in [6.07, 6.45) is 1.84. The molecule has 0 spiro atoms. The molecule has 5 heterocycles. The summed E-state index contributed by atoms with van der Waals surface area (Å²) < 4.78 is 4.84. The van der Waals surface area contributed by atoms with E-state index in [1.165, 1.54) is 0 Å². The second kappa shape index (κ2) is 7.18. The van der Waals surface area contributed by atoms with E-state index in [2.05, 4.69) is 36.1 Å². The van der Waals surface area contributed by atoms with Crippen LogP contribution in [0.2, 0.25) is 0 Å². The van der Waals surface area contributed by atoms with Crippen LogP contribution in [-0.4, -0.2) is 76.0 Å². The normalized spacial score (nSPS) is 18.3. The molecule has 140 valence electrons. The summed E-state index contributed by atoms with van der Waals surface area (Å²) >= 11 is 1.97. The second-order valence-corrected chi connectivity index (χ2v) is 7.77. The van der Waals surface area contributed by atoms with Gasteiger partial charge in [0.2, 0.25) is 11.3 Å². The molecule has 2 aliphatic heterocycles. The molecule has 0 radical (unpaired) electrons. The average Bonchev–Trinajstić information content (AvgIpc) is 3.22. The second-order valence-electron chi connectivity index (χ2n) is 6.54. The fourth-order valence-corrected chi connectivity index (χ4v) is 4.41. The van der Waals surface area contributed by atoms with Gasteiger partial charge in [-0.25, -0.2) is 19.6 Å². The first-order valence-electron chi connectivity index (χ1n) is 9.12. The van der Waals surface area contributed by atoms with Crippen molar-refractivity contribution < 1.29 is 4.63 Å².